The zero-order valence-electron chi connectivity index (χ0n) is 12.7. The van der Waals surface area contributed by atoms with Crippen molar-refractivity contribution in [2.45, 2.75) is 38.3 Å². The van der Waals surface area contributed by atoms with E-state index in [1.807, 2.05) is 6.07 Å². The fourth-order valence-corrected chi connectivity index (χ4v) is 3.02. The summed E-state index contributed by atoms with van der Waals surface area (Å²) in [7, 11) is 2.14. The van der Waals surface area contributed by atoms with Crippen LogP contribution in [-0.2, 0) is 11.2 Å². The minimum Gasteiger partial charge on any atom is -0.481 e. The topological polar surface area (TPSA) is 41.6 Å². The number of amides is 1. The van der Waals surface area contributed by atoms with Crippen molar-refractivity contribution in [1.29, 1.82) is 0 Å². The Morgan fingerprint density at radius 1 is 1.38 bits per heavy atom. The molecule has 4 nitrogen and oxygen atoms in total. The first kappa shape index (κ1) is 14.1. The van der Waals surface area contributed by atoms with E-state index in [1.54, 1.807) is 0 Å². The number of ether oxygens (including phenoxy) is 1. The first-order valence-electron chi connectivity index (χ1n) is 7.53. The second-order valence-corrected chi connectivity index (χ2v) is 6.01. The number of likely N-dealkylation sites (N-methyl/N-ethyl adjacent to an activating group) is 1. The third-order valence-corrected chi connectivity index (χ3v) is 4.54. The Morgan fingerprint density at radius 2 is 2.19 bits per heavy atom. The Labute approximate surface area is 125 Å². The highest BCUT2D eigenvalue weighted by Crippen LogP contribution is 2.31. The van der Waals surface area contributed by atoms with Gasteiger partial charge in [0.05, 0.1) is 0 Å². The summed E-state index contributed by atoms with van der Waals surface area (Å²) in [5.74, 6) is 0.692. The van der Waals surface area contributed by atoms with Gasteiger partial charge in [-0.3, -0.25) is 9.69 Å². The van der Waals surface area contributed by atoms with E-state index in [1.165, 1.54) is 11.1 Å². The Hall–Kier alpha value is -1.81. The predicted molar refractivity (Wildman–Crippen MR) is 82.1 cm³/mol. The molecule has 2 aliphatic rings. The maximum Gasteiger partial charge on any atom is 0.265 e. The van der Waals surface area contributed by atoms with Crippen LogP contribution in [0.2, 0.25) is 0 Å². The number of benzene rings is 1. The summed E-state index contributed by atoms with van der Waals surface area (Å²) in [6.07, 6.45) is 2.13. The van der Waals surface area contributed by atoms with E-state index in [0.717, 1.165) is 30.8 Å². The summed E-state index contributed by atoms with van der Waals surface area (Å²) in [6, 6.07) is 6.59. The number of carbonyl (C=O) groups is 1. The molecule has 1 fully saturated rings. The lowest BCUT2D eigenvalue weighted by Gasteiger charge is -2.32. The van der Waals surface area contributed by atoms with Crippen molar-refractivity contribution >= 4 is 5.91 Å². The van der Waals surface area contributed by atoms with E-state index in [2.05, 4.69) is 42.9 Å². The van der Waals surface area contributed by atoms with Gasteiger partial charge in [0, 0.05) is 18.3 Å². The molecule has 21 heavy (non-hydrogen) atoms. The molecule has 0 saturated carbocycles. The normalized spacial score (nSPS) is 26.2. The van der Waals surface area contributed by atoms with Gasteiger partial charge in [-0.15, -0.1) is 0 Å². The van der Waals surface area contributed by atoms with E-state index >= 15 is 0 Å². The molecule has 0 aliphatic carbocycles. The molecule has 4 heteroatoms. The summed E-state index contributed by atoms with van der Waals surface area (Å²) in [5.41, 5.74) is 3.47. The quantitative estimate of drug-likeness (QED) is 0.907. The lowest BCUT2D eigenvalue weighted by Crippen LogP contribution is -2.42. The summed E-state index contributed by atoms with van der Waals surface area (Å²) in [4.78, 5) is 14.2. The van der Waals surface area contributed by atoms with E-state index in [-0.39, 0.29) is 5.91 Å². The molecular formula is C17H22N2O2. The number of rotatable bonds is 2. The average molecular weight is 286 g/mol. The van der Waals surface area contributed by atoms with Gasteiger partial charge in [-0.05, 0) is 56.5 Å². The van der Waals surface area contributed by atoms with Gasteiger partial charge in [-0.25, -0.2) is 0 Å². The molecule has 0 aromatic heterocycles. The Balaban J connectivity index is 1.78. The second-order valence-electron chi connectivity index (χ2n) is 6.01. The highest BCUT2D eigenvalue weighted by molar-refractivity contribution is 5.83. The fourth-order valence-electron chi connectivity index (χ4n) is 3.02. The van der Waals surface area contributed by atoms with Crippen LogP contribution in [0.1, 0.15) is 36.9 Å². The number of hydrogen-bond acceptors (Lipinski definition) is 3. The molecule has 3 rings (SSSR count). The molecule has 1 saturated heterocycles. The lowest BCUT2D eigenvalue weighted by molar-refractivity contribution is -0.128. The van der Waals surface area contributed by atoms with Crippen molar-refractivity contribution < 1.29 is 9.53 Å². The third kappa shape index (κ3) is 2.81. The Morgan fingerprint density at radius 3 is 2.95 bits per heavy atom. The Bertz CT molecular complexity index is 582. The third-order valence-electron chi connectivity index (χ3n) is 4.54. The monoisotopic (exact) mass is 286 g/mol. The van der Waals surface area contributed by atoms with Gasteiger partial charge < -0.3 is 10.1 Å². The van der Waals surface area contributed by atoms with E-state index in [4.69, 9.17) is 4.74 Å². The number of carbonyl (C=O) groups excluding carboxylic acids is 1. The van der Waals surface area contributed by atoms with Crippen molar-refractivity contribution in [3.63, 3.8) is 0 Å². The standard InChI is InChI=1S/C17H22N2O2/c1-11-4-7-16(17(20)18-11)21-14-6-5-13-8-9-19(3)12(2)15(13)10-14/h5-6,10,12,16H,1,4,7-9H2,2-3H3,(H,18,20). The molecule has 1 N–H and O–H groups in total. The maximum absolute atomic E-state index is 11.9. The number of fused-ring (bicyclic) bond motifs is 1. The molecule has 1 aromatic rings. The van der Waals surface area contributed by atoms with Crippen LogP contribution in [0.3, 0.4) is 0 Å². The van der Waals surface area contributed by atoms with Gasteiger partial charge in [-0.1, -0.05) is 12.6 Å². The van der Waals surface area contributed by atoms with Crippen molar-refractivity contribution in [1.82, 2.24) is 10.2 Å². The van der Waals surface area contributed by atoms with Crippen molar-refractivity contribution in [3.8, 4) is 5.75 Å². The summed E-state index contributed by atoms with van der Waals surface area (Å²) >= 11 is 0. The van der Waals surface area contributed by atoms with Crippen LogP contribution in [-0.4, -0.2) is 30.5 Å². The molecule has 0 radical (unpaired) electrons. The summed E-state index contributed by atoms with van der Waals surface area (Å²) in [6.45, 7) is 7.08. The van der Waals surface area contributed by atoms with Crippen LogP contribution in [0.25, 0.3) is 0 Å². The van der Waals surface area contributed by atoms with Gasteiger partial charge in [0.2, 0.25) is 0 Å². The fraction of sp³-hybridized carbons (Fsp3) is 0.471. The summed E-state index contributed by atoms with van der Waals surface area (Å²) < 4.78 is 5.89. The van der Waals surface area contributed by atoms with E-state index in [9.17, 15) is 4.79 Å². The highest BCUT2D eigenvalue weighted by Gasteiger charge is 2.27. The van der Waals surface area contributed by atoms with Gasteiger partial charge in [-0.2, -0.15) is 0 Å². The molecule has 1 aromatic carbocycles. The molecule has 112 valence electrons. The highest BCUT2D eigenvalue weighted by atomic mass is 16.5. The molecule has 2 aliphatic heterocycles. The van der Waals surface area contributed by atoms with Crippen LogP contribution in [0.4, 0.5) is 0 Å². The molecule has 1 amide bonds. The van der Waals surface area contributed by atoms with Crippen molar-refractivity contribution in [2.75, 3.05) is 13.6 Å². The number of hydrogen-bond donors (Lipinski definition) is 1. The second kappa shape index (κ2) is 5.53. The SMILES string of the molecule is C=C1CCC(Oc2ccc3c(c2)C(C)N(C)CC3)C(=O)N1. The number of nitrogens with zero attached hydrogens (tertiary/aromatic N) is 1. The van der Waals surface area contributed by atoms with Gasteiger partial charge in [0.25, 0.3) is 5.91 Å². The molecule has 2 heterocycles. The number of nitrogens with one attached hydrogen (secondary N) is 1. The molecule has 0 bridgehead atoms. The van der Waals surface area contributed by atoms with Crippen LogP contribution in [0.15, 0.2) is 30.5 Å². The van der Waals surface area contributed by atoms with Crippen LogP contribution >= 0.6 is 0 Å². The first-order valence-corrected chi connectivity index (χ1v) is 7.53. The smallest absolute Gasteiger partial charge is 0.265 e. The van der Waals surface area contributed by atoms with E-state index in [0.29, 0.717) is 12.5 Å². The first-order chi connectivity index (χ1) is 10.0. The molecule has 0 spiro atoms. The van der Waals surface area contributed by atoms with Crippen LogP contribution in [0, 0.1) is 0 Å². The zero-order chi connectivity index (χ0) is 15.0. The summed E-state index contributed by atoms with van der Waals surface area (Å²) in [5, 5.41) is 2.76. The predicted octanol–water partition coefficient (Wildman–Crippen LogP) is 2.41. The molecular weight excluding hydrogens is 264 g/mol. The van der Waals surface area contributed by atoms with Crippen molar-refractivity contribution in [2.24, 2.45) is 0 Å². The van der Waals surface area contributed by atoms with Crippen LogP contribution < -0.4 is 10.1 Å². The zero-order valence-corrected chi connectivity index (χ0v) is 12.7. The largest absolute Gasteiger partial charge is 0.481 e. The lowest BCUT2D eigenvalue weighted by atomic mass is 9.94. The molecule has 2 atom stereocenters. The van der Waals surface area contributed by atoms with Gasteiger partial charge in [0.1, 0.15) is 5.75 Å². The maximum atomic E-state index is 11.9. The number of allylic oxidation sites excluding steroid dienone is 1. The van der Waals surface area contributed by atoms with Gasteiger partial charge >= 0.3 is 0 Å². The average Bonchev–Trinajstić information content (AvgIpc) is 2.46. The minimum absolute atomic E-state index is 0.0888. The van der Waals surface area contributed by atoms with E-state index < -0.39 is 6.10 Å². The van der Waals surface area contributed by atoms with Gasteiger partial charge in [0.15, 0.2) is 6.10 Å². The minimum atomic E-state index is -0.412. The Kier molecular flexibility index (Phi) is 3.72. The van der Waals surface area contributed by atoms with Crippen molar-refractivity contribution in [3.05, 3.63) is 41.6 Å². The number of piperidine rings is 1. The van der Waals surface area contributed by atoms with Crippen LogP contribution in [0.5, 0.6) is 5.75 Å². The molecule has 2 unspecified atom stereocenters.